The van der Waals surface area contributed by atoms with E-state index in [-0.39, 0.29) is 12.1 Å². The zero-order valence-electron chi connectivity index (χ0n) is 17.0. The summed E-state index contributed by atoms with van der Waals surface area (Å²) in [6, 6.07) is 15.9. The molecule has 2 aromatic rings. The zero-order chi connectivity index (χ0) is 20.6. The molecule has 1 amide bonds. The molecule has 0 bridgehead atoms. The number of hydrogen-bond donors (Lipinski definition) is 0. The number of benzene rings is 2. The highest BCUT2D eigenvalue weighted by Gasteiger charge is 2.34. The normalized spacial score (nSPS) is 16.3. The number of amides is 1. The summed E-state index contributed by atoms with van der Waals surface area (Å²) < 4.78 is 11.6. The largest absolute Gasteiger partial charge is 0.453 e. The molecule has 2 aromatic carbocycles. The molecule has 0 unspecified atom stereocenters. The van der Waals surface area contributed by atoms with Crippen LogP contribution in [-0.4, -0.2) is 35.7 Å². The van der Waals surface area contributed by atoms with Gasteiger partial charge in [-0.1, -0.05) is 12.1 Å². The number of para-hydroxylation sites is 2. The average molecular weight is 391 g/mol. The summed E-state index contributed by atoms with van der Waals surface area (Å²) in [5.74, 6) is 1.47. The number of hydrogen-bond acceptors (Lipinski definition) is 5. The first-order valence-electron chi connectivity index (χ1n) is 9.94. The van der Waals surface area contributed by atoms with E-state index in [9.17, 15) is 10.1 Å². The number of anilines is 2. The van der Waals surface area contributed by atoms with Gasteiger partial charge in [-0.05, 0) is 57.9 Å². The Bertz CT molecular complexity index is 966. The molecule has 0 saturated carbocycles. The van der Waals surface area contributed by atoms with Crippen molar-refractivity contribution in [3.8, 4) is 17.6 Å². The fraction of sp³-hybridized carbons (Fsp3) is 0.391. The summed E-state index contributed by atoms with van der Waals surface area (Å²) in [5, 5.41) is 9.24. The van der Waals surface area contributed by atoms with E-state index in [2.05, 4.69) is 17.0 Å². The lowest BCUT2D eigenvalue weighted by atomic mass is 9.99. The number of carbonyl (C=O) groups is 1. The van der Waals surface area contributed by atoms with Crippen LogP contribution in [0, 0.1) is 11.3 Å². The molecule has 0 atom stereocenters. The zero-order valence-corrected chi connectivity index (χ0v) is 17.0. The summed E-state index contributed by atoms with van der Waals surface area (Å²) in [5.41, 5.74) is 2.05. The van der Waals surface area contributed by atoms with Crippen molar-refractivity contribution in [2.24, 2.45) is 0 Å². The number of carbonyl (C=O) groups excluding carboxylic acids is 1. The topological polar surface area (TPSA) is 65.8 Å². The third-order valence-corrected chi connectivity index (χ3v) is 5.17. The molecule has 1 saturated heterocycles. The Labute approximate surface area is 171 Å². The van der Waals surface area contributed by atoms with Gasteiger partial charge in [0, 0.05) is 25.2 Å². The van der Waals surface area contributed by atoms with Gasteiger partial charge in [-0.2, -0.15) is 5.26 Å². The fourth-order valence-electron chi connectivity index (χ4n) is 3.88. The van der Waals surface area contributed by atoms with Crippen molar-refractivity contribution in [2.45, 2.75) is 45.3 Å². The van der Waals surface area contributed by atoms with Gasteiger partial charge < -0.3 is 19.3 Å². The number of nitrogens with zero attached hydrogens (tertiary/aromatic N) is 3. The second-order valence-corrected chi connectivity index (χ2v) is 8.43. The Hall–Kier alpha value is -3.20. The van der Waals surface area contributed by atoms with Crippen molar-refractivity contribution >= 4 is 17.5 Å². The Balaban J connectivity index is 1.58. The Morgan fingerprint density at radius 1 is 1.10 bits per heavy atom. The number of fused-ring (bicyclic) bond motifs is 2. The predicted molar refractivity (Wildman–Crippen MR) is 111 cm³/mol. The summed E-state index contributed by atoms with van der Waals surface area (Å²) in [7, 11) is 0. The van der Waals surface area contributed by atoms with E-state index in [0.717, 1.165) is 30.0 Å². The minimum Gasteiger partial charge on any atom is -0.453 e. The molecule has 4 rings (SSSR count). The monoisotopic (exact) mass is 391 g/mol. The highest BCUT2D eigenvalue weighted by atomic mass is 16.6. The molecule has 2 aliphatic rings. The lowest BCUT2D eigenvalue weighted by molar-refractivity contribution is 0.0206. The second kappa shape index (κ2) is 7.32. The minimum absolute atomic E-state index is 0.227. The van der Waals surface area contributed by atoms with Crippen LogP contribution < -0.4 is 9.64 Å². The smallest absolute Gasteiger partial charge is 0.410 e. The molecule has 6 heteroatoms. The molecule has 0 aromatic heterocycles. The third kappa shape index (κ3) is 3.86. The van der Waals surface area contributed by atoms with Crippen LogP contribution >= 0.6 is 0 Å². The molecule has 0 radical (unpaired) electrons. The van der Waals surface area contributed by atoms with E-state index in [1.54, 1.807) is 11.0 Å². The molecular weight excluding hydrogens is 366 g/mol. The Kier molecular flexibility index (Phi) is 4.83. The SMILES string of the molecule is CC(C)(C)OC(=O)N1CCC(N2c3ccccc3Oc3cc(C#N)ccc32)CC1. The molecule has 29 heavy (non-hydrogen) atoms. The predicted octanol–water partition coefficient (Wildman–Crippen LogP) is 5.20. The van der Waals surface area contributed by atoms with Gasteiger partial charge >= 0.3 is 6.09 Å². The maximum Gasteiger partial charge on any atom is 0.410 e. The standard InChI is InChI=1S/C23H25N3O3/c1-23(2,3)29-22(27)25-12-10-17(11-13-25)26-18-6-4-5-7-20(18)28-21-14-16(15-24)8-9-19(21)26/h4-9,14,17H,10-13H2,1-3H3. The Morgan fingerprint density at radius 3 is 2.48 bits per heavy atom. The fourth-order valence-corrected chi connectivity index (χ4v) is 3.88. The van der Waals surface area contributed by atoms with Gasteiger partial charge in [-0.15, -0.1) is 0 Å². The Morgan fingerprint density at radius 2 is 1.79 bits per heavy atom. The van der Waals surface area contributed by atoms with Gasteiger partial charge in [0.1, 0.15) is 5.60 Å². The van der Waals surface area contributed by atoms with Gasteiger partial charge in [0.05, 0.1) is 23.0 Å². The summed E-state index contributed by atoms with van der Waals surface area (Å²) >= 11 is 0. The van der Waals surface area contributed by atoms with E-state index in [4.69, 9.17) is 9.47 Å². The number of rotatable bonds is 1. The van der Waals surface area contributed by atoms with Gasteiger partial charge in [-0.3, -0.25) is 0 Å². The van der Waals surface area contributed by atoms with Crippen LogP contribution in [0.1, 0.15) is 39.2 Å². The van der Waals surface area contributed by atoms with Gasteiger partial charge in [0.2, 0.25) is 0 Å². The minimum atomic E-state index is -0.492. The van der Waals surface area contributed by atoms with Crippen LogP contribution in [0.5, 0.6) is 11.5 Å². The highest BCUT2D eigenvalue weighted by molar-refractivity contribution is 5.79. The molecule has 0 N–H and O–H groups in total. The van der Waals surface area contributed by atoms with Crippen molar-refractivity contribution in [1.29, 1.82) is 5.26 Å². The quantitative estimate of drug-likeness (QED) is 0.668. The van der Waals surface area contributed by atoms with Gasteiger partial charge in [-0.25, -0.2) is 4.79 Å². The molecule has 2 heterocycles. The van der Waals surface area contributed by atoms with Crippen molar-refractivity contribution < 1.29 is 14.3 Å². The molecule has 6 nitrogen and oxygen atoms in total. The van der Waals surface area contributed by atoms with E-state index in [1.807, 2.05) is 51.1 Å². The average Bonchev–Trinajstić information content (AvgIpc) is 2.70. The molecule has 150 valence electrons. The van der Waals surface area contributed by atoms with E-state index >= 15 is 0 Å². The van der Waals surface area contributed by atoms with Crippen LogP contribution in [0.3, 0.4) is 0 Å². The van der Waals surface area contributed by atoms with Crippen molar-refractivity contribution in [1.82, 2.24) is 4.90 Å². The maximum atomic E-state index is 12.4. The van der Waals surface area contributed by atoms with Crippen LogP contribution in [0.25, 0.3) is 0 Å². The molecular formula is C23H25N3O3. The molecule has 0 aliphatic carbocycles. The van der Waals surface area contributed by atoms with E-state index in [0.29, 0.717) is 24.4 Å². The molecule has 1 fully saturated rings. The van der Waals surface area contributed by atoms with E-state index < -0.39 is 5.60 Å². The lowest BCUT2D eigenvalue weighted by Crippen LogP contribution is -2.47. The highest BCUT2D eigenvalue weighted by Crippen LogP contribution is 2.48. The summed E-state index contributed by atoms with van der Waals surface area (Å²) in [6.07, 6.45) is 1.40. The van der Waals surface area contributed by atoms with Crippen molar-refractivity contribution in [3.63, 3.8) is 0 Å². The van der Waals surface area contributed by atoms with E-state index in [1.165, 1.54) is 0 Å². The third-order valence-electron chi connectivity index (χ3n) is 5.17. The van der Waals surface area contributed by atoms with Crippen LogP contribution in [0.15, 0.2) is 42.5 Å². The van der Waals surface area contributed by atoms with Crippen molar-refractivity contribution in [3.05, 3.63) is 48.0 Å². The molecule has 0 spiro atoms. The lowest BCUT2D eigenvalue weighted by Gasteiger charge is -2.42. The summed E-state index contributed by atoms with van der Waals surface area (Å²) in [6.45, 7) is 6.94. The summed E-state index contributed by atoms with van der Waals surface area (Å²) in [4.78, 5) is 16.5. The van der Waals surface area contributed by atoms with Crippen LogP contribution in [0.4, 0.5) is 16.2 Å². The maximum absolute atomic E-state index is 12.4. The second-order valence-electron chi connectivity index (χ2n) is 8.43. The first kappa shape index (κ1) is 19.1. The molecule has 2 aliphatic heterocycles. The van der Waals surface area contributed by atoms with Crippen molar-refractivity contribution in [2.75, 3.05) is 18.0 Å². The number of likely N-dealkylation sites (tertiary alicyclic amines) is 1. The number of ether oxygens (including phenoxy) is 2. The number of piperidine rings is 1. The van der Waals surface area contributed by atoms with Crippen LogP contribution in [0.2, 0.25) is 0 Å². The van der Waals surface area contributed by atoms with Gasteiger partial charge in [0.25, 0.3) is 0 Å². The number of nitriles is 1. The first-order valence-corrected chi connectivity index (χ1v) is 9.94. The first-order chi connectivity index (χ1) is 13.9. The van der Waals surface area contributed by atoms with Crippen LogP contribution in [-0.2, 0) is 4.74 Å². The van der Waals surface area contributed by atoms with Gasteiger partial charge in [0.15, 0.2) is 11.5 Å².